The van der Waals surface area contributed by atoms with Crippen molar-refractivity contribution in [1.29, 1.82) is 0 Å². The zero-order chi connectivity index (χ0) is 17.7. The van der Waals surface area contributed by atoms with Crippen molar-refractivity contribution in [3.63, 3.8) is 0 Å². The molecule has 6 nitrogen and oxygen atoms in total. The fourth-order valence-corrected chi connectivity index (χ4v) is 3.81. The van der Waals surface area contributed by atoms with E-state index in [1.54, 1.807) is 24.3 Å². The number of hydrogen-bond donors (Lipinski definition) is 3. The Morgan fingerprint density at radius 1 is 1.04 bits per heavy atom. The summed E-state index contributed by atoms with van der Waals surface area (Å²) in [6.07, 6.45) is 1.99. The van der Waals surface area contributed by atoms with E-state index >= 15 is 0 Å². The van der Waals surface area contributed by atoms with E-state index in [0.29, 0.717) is 11.3 Å². The molecule has 2 aromatic rings. The minimum atomic E-state index is -3.67. The van der Waals surface area contributed by atoms with E-state index in [1.165, 1.54) is 24.3 Å². The van der Waals surface area contributed by atoms with E-state index in [4.69, 9.17) is 0 Å². The zero-order valence-electron chi connectivity index (χ0n) is 13.7. The maximum atomic E-state index is 12.4. The molecule has 1 aliphatic rings. The molecule has 2 aromatic carbocycles. The molecule has 25 heavy (non-hydrogen) atoms. The normalized spacial score (nSPS) is 17.7. The molecule has 7 heteroatoms. The summed E-state index contributed by atoms with van der Waals surface area (Å²) < 4.78 is 27.3. The third kappa shape index (κ3) is 4.58. The number of amides is 1. The topological polar surface area (TPSA) is 87.3 Å². The van der Waals surface area contributed by atoms with Gasteiger partial charge in [0.1, 0.15) is 0 Å². The molecule has 0 saturated carbocycles. The van der Waals surface area contributed by atoms with E-state index < -0.39 is 10.0 Å². The summed E-state index contributed by atoms with van der Waals surface area (Å²) in [5.74, 6) is -0.186. The van der Waals surface area contributed by atoms with Crippen LogP contribution in [0, 0.1) is 0 Å². The fourth-order valence-electron chi connectivity index (χ4n) is 2.75. The van der Waals surface area contributed by atoms with Gasteiger partial charge in [-0.25, -0.2) is 8.42 Å². The number of anilines is 1. The Hall–Kier alpha value is -2.38. The maximum absolute atomic E-state index is 12.4. The number of para-hydroxylation sites is 1. The average molecular weight is 359 g/mol. The maximum Gasteiger partial charge on any atom is 0.261 e. The van der Waals surface area contributed by atoms with Crippen LogP contribution in [-0.2, 0) is 10.0 Å². The van der Waals surface area contributed by atoms with Gasteiger partial charge >= 0.3 is 0 Å². The number of nitrogens with one attached hydrogen (secondary N) is 3. The Labute approximate surface area is 147 Å². The summed E-state index contributed by atoms with van der Waals surface area (Å²) >= 11 is 0. The minimum absolute atomic E-state index is 0.115. The van der Waals surface area contributed by atoms with Crippen molar-refractivity contribution < 1.29 is 13.2 Å². The van der Waals surface area contributed by atoms with Gasteiger partial charge in [0, 0.05) is 23.8 Å². The molecule has 1 heterocycles. The molecule has 1 atom stereocenters. The molecule has 1 saturated heterocycles. The van der Waals surface area contributed by atoms with Gasteiger partial charge in [0.25, 0.3) is 15.9 Å². The van der Waals surface area contributed by atoms with Crippen molar-refractivity contribution in [3.8, 4) is 0 Å². The highest BCUT2D eigenvalue weighted by Gasteiger charge is 2.18. The molecule has 0 aliphatic carbocycles. The van der Waals surface area contributed by atoms with Crippen molar-refractivity contribution >= 4 is 21.6 Å². The van der Waals surface area contributed by atoms with Crippen LogP contribution in [0.4, 0.5) is 5.69 Å². The SMILES string of the molecule is O=C(NC1CCCNC1)c1ccc(S(=O)(=O)Nc2ccccc2)cc1. The van der Waals surface area contributed by atoms with E-state index in [0.717, 1.165) is 25.9 Å². The minimum Gasteiger partial charge on any atom is -0.348 e. The second kappa shape index (κ2) is 7.67. The van der Waals surface area contributed by atoms with Gasteiger partial charge in [0.2, 0.25) is 0 Å². The molecule has 1 amide bonds. The van der Waals surface area contributed by atoms with Crippen molar-refractivity contribution in [2.45, 2.75) is 23.8 Å². The lowest BCUT2D eigenvalue weighted by atomic mass is 10.1. The largest absolute Gasteiger partial charge is 0.348 e. The molecular formula is C18H21N3O3S. The summed E-state index contributed by atoms with van der Waals surface area (Å²) in [7, 11) is -3.67. The Bertz CT molecular complexity index is 814. The van der Waals surface area contributed by atoms with Crippen LogP contribution in [0.1, 0.15) is 23.2 Å². The van der Waals surface area contributed by atoms with Crippen molar-refractivity contribution in [2.24, 2.45) is 0 Å². The van der Waals surface area contributed by atoms with Gasteiger partial charge in [0.15, 0.2) is 0 Å². The van der Waals surface area contributed by atoms with Gasteiger partial charge in [-0.05, 0) is 55.8 Å². The van der Waals surface area contributed by atoms with Crippen molar-refractivity contribution in [1.82, 2.24) is 10.6 Å². The quantitative estimate of drug-likeness (QED) is 0.762. The van der Waals surface area contributed by atoms with Gasteiger partial charge in [-0.15, -0.1) is 0 Å². The first-order valence-corrected chi connectivity index (χ1v) is 9.72. The second-order valence-corrected chi connectivity index (χ2v) is 7.70. The Morgan fingerprint density at radius 3 is 2.40 bits per heavy atom. The van der Waals surface area contributed by atoms with Crippen LogP contribution >= 0.6 is 0 Å². The third-order valence-electron chi connectivity index (χ3n) is 4.08. The third-order valence-corrected chi connectivity index (χ3v) is 5.48. The summed E-state index contributed by atoms with van der Waals surface area (Å²) in [4.78, 5) is 12.4. The highest BCUT2D eigenvalue weighted by atomic mass is 32.2. The molecule has 0 spiro atoms. The van der Waals surface area contributed by atoms with E-state index in [2.05, 4.69) is 15.4 Å². The van der Waals surface area contributed by atoms with Crippen LogP contribution in [0.2, 0.25) is 0 Å². The predicted molar refractivity (Wildman–Crippen MR) is 97.1 cm³/mol. The molecule has 0 bridgehead atoms. The van der Waals surface area contributed by atoms with Crippen molar-refractivity contribution in [2.75, 3.05) is 17.8 Å². The van der Waals surface area contributed by atoms with Gasteiger partial charge in [0.05, 0.1) is 4.90 Å². The number of piperidine rings is 1. The van der Waals surface area contributed by atoms with Gasteiger partial charge in [-0.2, -0.15) is 0 Å². The number of benzene rings is 2. The predicted octanol–water partition coefficient (Wildman–Crippen LogP) is 1.97. The molecular weight excluding hydrogens is 338 g/mol. The molecule has 1 fully saturated rings. The van der Waals surface area contributed by atoms with Crippen molar-refractivity contribution in [3.05, 3.63) is 60.2 Å². The average Bonchev–Trinajstić information content (AvgIpc) is 2.63. The standard InChI is InChI=1S/C18H21N3O3S/c22-18(20-16-7-4-12-19-13-16)14-8-10-17(11-9-14)25(23,24)21-15-5-2-1-3-6-15/h1-3,5-6,8-11,16,19,21H,4,7,12-13H2,(H,20,22). The van der Waals surface area contributed by atoms with Gasteiger partial charge in [-0.1, -0.05) is 18.2 Å². The number of hydrogen-bond acceptors (Lipinski definition) is 4. The Kier molecular flexibility index (Phi) is 5.35. The monoisotopic (exact) mass is 359 g/mol. The van der Waals surface area contributed by atoms with Crippen LogP contribution < -0.4 is 15.4 Å². The first kappa shape index (κ1) is 17.4. The molecule has 0 radical (unpaired) electrons. The number of carbonyl (C=O) groups is 1. The lowest BCUT2D eigenvalue weighted by molar-refractivity contribution is 0.0930. The summed E-state index contributed by atoms with van der Waals surface area (Å²) in [5.41, 5.74) is 0.943. The molecule has 1 unspecified atom stereocenters. The molecule has 132 valence electrons. The smallest absolute Gasteiger partial charge is 0.261 e. The highest BCUT2D eigenvalue weighted by molar-refractivity contribution is 7.92. The van der Waals surface area contributed by atoms with Crippen LogP contribution in [0.3, 0.4) is 0 Å². The fraction of sp³-hybridized carbons (Fsp3) is 0.278. The van der Waals surface area contributed by atoms with Gasteiger partial charge < -0.3 is 10.6 Å². The number of sulfonamides is 1. The van der Waals surface area contributed by atoms with Crippen LogP contribution in [0.5, 0.6) is 0 Å². The molecule has 3 N–H and O–H groups in total. The Balaban J connectivity index is 1.67. The van der Waals surface area contributed by atoms with Crippen LogP contribution in [0.15, 0.2) is 59.5 Å². The van der Waals surface area contributed by atoms with E-state index in [1.807, 2.05) is 6.07 Å². The molecule has 0 aromatic heterocycles. The lowest BCUT2D eigenvalue weighted by Crippen LogP contribution is -2.45. The first-order chi connectivity index (χ1) is 12.0. The van der Waals surface area contributed by atoms with Crippen LogP contribution in [-0.4, -0.2) is 33.5 Å². The Morgan fingerprint density at radius 2 is 1.76 bits per heavy atom. The highest BCUT2D eigenvalue weighted by Crippen LogP contribution is 2.16. The molecule has 3 rings (SSSR count). The van der Waals surface area contributed by atoms with E-state index in [-0.39, 0.29) is 16.8 Å². The summed E-state index contributed by atoms with van der Waals surface area (Å²) in [6, 6.07) is 14.7. The van der Waals surface area contributed by atoms with E-state index in [9.17, 15) is 13.2 Å². The lowest BCUT2D eigenvalue weighted by Gasteiger charge is -2.23. The van der Waals surface area contributed by atoms with Crippen LogP contribution in [0.25, 0.3) is 0 Å². The summed E-state index contributed by atoms with van der Waals surface area (Å²) in [6.45, 7) is 1.74. The first-order valence-electron chi connectivity index (χ1n) is 8.24. The molecule has 1 aliphatic heterocycles. The van der Waals surface area contributed by atoms with Gasteiger partial charge in [-0.3, -0.25) is 9.52 Å². The number of rotatable bonds is 5. The second-order valence-electron chi connectivity index (χ2n) is 6.01. The zero-order valence-corrected chi connectivity index (χ0v) is 14.6. The summed E-state index contributed by atoms with van der Waals surface area (Å²) in [5, 5.41) is 6.21. The number of carbonyl (C=O) groups excluding carboxylic acids is 1.